The summed E-state index contributed by atoms with van der Waals surface area (Å²) in [6, 6.07) is 4.85. The number of fused-ring (bicyclic) bond motifs is 1. The maximum Gasteiger partial charge on any atom is 0.245 e. The second-order valence-electron chi connectivity index (χ2n) is 5.53. The largest absolute Gasteiger partial charge is 0.491 e. The van der Waals surface area contributed by atoms with Crippen LogP contribution in [0.1, 0.15) is 32.4 Å². The van der Waals surface area contributed by atoms with E-state index >= 15 is 0 Å². The average molecular weight is 264 g/mol. The van der Waals surface area contributed by atoms with Gasteiger partial charge in [-0.2, -0.15) is 0 Å². The first-order valence-corrected chi connectivity index (χ1v) is 6.34. The topological polar surface area (TPSA) is 73.6 Å². The molecule has 5 heteroatoms. The quantitative estimate of drug-likeness (QED) is 0.814. The molecule has 0 radical (unpaired) electrons. The number of hydrogen-bond acceptors (Lipinski definition) is 4. The molecule has 0 fully saturated rings. The zero-order chi connectivity index (χ0) is 14.0. The first kappa shape index (κ1) is 13.8. The molecule has 0 saturated heterocycles. The molecule has 1 unspecified atom stereocenters. The Morgan fingerprint density at radius 1 is 1.32 bits per heavy atom. The van der Waals surface area contributed by atoms with Crippen LogP contribution in [0.15, 0.2) is 18.2 Å². The summed E-state index contributed by atoms with van der Waals surface area (Å²) in [5.41, 5.74) is 7.11. The van der Waals surface area contributed by atoms with Crippen LogP contribution in [-0.4, -0.2) is 24.7 Å². The monoisotopic (exact) mass is 264 g/mol. The van der Waals surface area contributed by atoms with Gasteiger partial charge in [-0.3, -0.25) is 4.79 Å². The van der Waals surface area contributed by atoms with Crippen molar-refractivity contribution in [3.8, 4) is 5.75 Å². The highest BCUT2D eigenvalue weighted by atomic mass is 16.5. The van der Waals surface area contributed by atoms with E-state index in [1.54, 1.807) is 6.07 Å². The first-order valence-electron chi connectivity index (χ1n) is 6.34. The standard InChI is InChI=1S/C14H20N2O3/c1-14(2,3)19-7-6-18-9-4-5-10-11(8-9)16-13(17)12(10)15/h4-5,8,12H,6-7,15H2,1-3H3,(H,16,17). The molecule has 3 N–H and O–H groups in total. The van der Waals surface area contributed by atoms with Crippen molar-refractivity contribution >= 4 is 11.6 Å². The second-order valence-corrected chi connectivity index (χ2v) is 5.53. The van der Waals surface area contributed by atoms with Crippen LogP contribution in [-0.2, 0) is 9.53 Å². The fourth-order valence-corrected chi connectivity index (χ4v) is 1.86. The molecule has 1 amide bonds. The van der Waals surface area contributed by atoms with Gasteiger partial charge in [-0.25, -0.2) is 0 Å². The summed E-state index contributed by atoms with van der Waals surface area (Å²) in [7, 11) is 0. The lowest BCUT2D eigenvalue weighted by Crippen LogP contribution is -2.22. The van der Waals surface area contributed by atoms with Crippen LogP contribution < -0.4 is 15.8 Å². The van der Waals surface area contributed by atoms with Crippen LogP contribution in [0, 0.1) is 0 Å². The molecule has 2 rings (SSSR count). The maximum atomic E-state index is 11.4. The van der Waals surface area contributed by atoms with Gasteiger partial charge in [0.15, 0.2) is 0 Å². The van der Waals surface area contributed by atoms with E-state index in [2.05, 4.69) is 5.32 Å². The fraction of sp³-hybridized carbons (Fsp3) is 0.500. The van der Waals surface area contributed by atoms with Gasteiger partial charge in [-0.15, -0.1) is 0 Å². The third-order valence-corrected chi connectivity index (χ3v) is 2.79. The predicted molar refractivity (Wildman–Crippen MR) is 73.2 cm³/mol. The van der Waals surface area contributed by atoms with Gasteiger partial charge in [-0.05, 0) is 26.8 Å². The number of nitrogens with two attached hydrogens (primary N) is 1. The van der Waals surface area contributed by atoms with Gasteiger partial charge in [0, 0.05) is 17.3 Å². The molecular formula is C14H20N2O3. The van der Waals surface area contributed by atoms with Gasteiger partial charge >= 0.3 is 0 Å². The molecule has 1 aliphatic heterocycles. The summed E-state index contributed by atoms with van der Waals surface area (Å²) >= 11 is 0. The molecular weight excluding hydrogens is 244 g/mol. The Balaban J connectivity index is 1.90. The van der Waals surface area contributed by atoms with Crippen molar-refractivity contribution in [2.75, 3.05) is 18.5 Å². The third-order valence-electron chi connectivity index (χ3n) is 2.79. The number of amides is 1. The molecule has 104 valence electrons. The normalized spacial score (nSPS) is 18.1. The molecule has 0 aliphatic carbocycles. The van der Waals surface area contributed by atoms with E-state index in [4.69, 9.17) is 15.2 Å². The van der Waals surface area contributed by atoms with Crippen molar-refractivity contribution in [3.63, 3.8) is 0 Å². The Hall–Kier alpha value is -1.59. The average Bonchev–Trinajstić information content (AvgIpc) is 2.59. The minimum absolute atomic E-state index is 0.165. The number of nitrogens with one attached hydrogen (secondary N) is 1. The number of carbonyl (C=O) groups excluding carboxylic acids is 1. The Morgan fingerprint density at radius 2 is 2.05 bits per heavy atom. The minimum atomic E-state index is -0.576. The van der Waals surface area contributed by atoms with Crippen LogP contribution in [0.5, 0.6) is 5.75 Å². The molecule has 0 bridgehead atoms. The lowest BCUT2D eigenvalue weighted by Gasteiger charge is -2.19. The number of hydrogen-bond donors (Lipinski definition) is 2. The lowest BCUT2D eigenvalue weighted by molar-refractivity contribution is -0.116. The fourth-order valence-electron chi connectivity index (χ4n) is 1.86. The molecule has 1 aliphatic rings. The van der Waals surface area contributed by atoms with Crippen LogP contribution in [0.2, 0.25) is 0 Å². The van der Waals surface area contributed by atoms with E-state index < -0.39 is 6.04 Å². The van der Waals surface area contributed by atoms with Crippen LogP contribution in [0.25, 0.3) is 0 Å². The summed E-state index contributed by atoms with van der Waals surface area (Å²) in [6.45, 7) is 6.99. The van der Waals surface area contributed by atoms with Crippen molar-refractivity contribution in [3.05, 3.63) is 23.8 Å². The highest BCUT2D eigenvalue weighted by molar-refractivity contribution is 6.02. The van der Waals surface area contributed by atoms with Crippen molar-refractivity contribution in [2.24, 2.45) is 5.73 Å². The molecule has 1 aromatic rings. The smallest absolute Gasteiger partial charge is 0.245 e. The predicted octanol–water partition coefficient (Wildman–Crippen LogP) is 1.83. The van der Waals surface area contributed by atoms with Gasteiger partial charge in [0.1, 0.15) is 18.4 Å². The molecule has 0 saturated carbocycles. The van der Waals surface area contributed by atoms with E-state index in [0.717, 1.165) is 11.3 Å². The zero-order valence-corrected chi connectivity index (χ0v) is 11.5. The van der Waals surface area contributed by atoms with Crippen molar-refractivity contribution in [1.82, 2.24) is 0 Å². The summed E-state index contributed by atoms with van der Waals surface area (Å²) in [4.78, 5) is 11.4. The molecule has 5 nitrogen and oxygen atoms in total. The van der Waals surface area contributed by atoms with Crippen molar-refractivity contribution in [1.29, 1.82) is 0 Å². The third kappa shape index (κ3) is 3.45. The molecule has 0 aromatic heterocycles. The second kappa shape index (κ2) is 5.19. The number of benzene rings is 1. The summed E-state index contributed by atoms with van der Waals surface area (Å²) in [6.07, 6.45) is 0. The van der Waals surface area contributed by atoms with E-state index in [1.807, 2.05) is 32.9 Å². The van der Waals surface area contributed by atoms with Gasteiger partial charge in [0.2, 0.25) is 5.91 Å². The number of carbonyl (C=O) groups is 1. The Labute approximate surface area is 113 Å². The Kier molecular flexibility index (Phi) is 3.78. The molecule has 19 heavy (non-hydrogen) atoms. The van der Waals surface area contributed by atoms with Gasteiger partial charge in [-0.1, -0.05) is 6.07 Å². The highest BCUT2D eigenvalue weighted by Crippen LogP contribution is 2.32. The van der Waals surface area contributed by atoms with Crippen LogP contribution >= 0.6 is 0 Å². The van der Waals surface area contributed by atoms with Crippen molar-refractivity contribution < 1.29 is 14.3 Å². The number of rotatable bonds is 4. The summed E-state index contributed by atoms with van der Waals surface area (Å²) < 4.78 is 11.1. The summed E-state index contributed by atoms with van der Waals surface area (Å²) in [5.74, 6) is 0.522. The number of ether oxygens (including phenoxy) is 2. The zero-order valence-electron chi connectivity index (χ0n) is 11.5. The molecule has 0 spiro atoms. The molecule has 1 aromatic carbocycles. The number of anilines is 1. The van der Waals surface area contributed by atoms with Crippen LogP contribution in [0.4, 0.5) is 5.69 Å². The SMILES string of the molecule is CC(C)(C)OCCOc1ccc2c(c1)NC(=O)C2N. The Morgan fingerprint density at radius 3 is 2.74 bits per heavy atom. The van der Waals surface area contributed by atoms with E-state index in [1.165, 1.54) is 0 Å². The minimum Gasteiger partial charge on any atom is -0.491 e. The highest BCUT2D eigenvalue weighted by Gasteiger charge is 2.27. The first-order chi connectivity index (χ1) is 8.87. The Bertz CT molecular complexity index is 480. The molecule has 1 heterocycles. The van der Waals surface area contributed by atoms with Gasteiger partial charge < -0.3 is 20.5 Å². The summed E-state index contributed by atoms with van der Waals surface area (Å²) in [5, 5.41) is 2.73. The van der Waals surface area contributed by atoms with Gasteiger partial charge in [0.25, 0.3) is 0 Å². The van der Waals surface area contributed by atoms with E-state index in [9.17, 15) is 4.79 Å². The van der Waals surface area contributed by atoms with Crippen LogP contribution in [0.3, 0.4) is 0 Å². The van der Waals surface area contributed by atoms with Gasteiger partial charge in [0.05, 0.1) is 12.2 Å². The lowest BCUT2D eigenvalue weighted by atomic mass is 10.1. The maximum absolute atomic E-state index is 11.4. The molecule has 1 atom stereocenters. The van der Waals surface area contributed by atoms with E-state index in [-0.39, 0.29) is 11.5 Å². The van der Waals surface area contributed by atoms with E-state index in [0.29, 0.717) is 19.0 Å². The van der Waals surface area contributed by atoms with Crippen molar-refractivity contribution in [2.45, 2.75) is 32.4 Å².